The first-order chi connectivity index (χ1) is 9.94. The SMILES string of the molecule is CCCN(C1CCNC1)S(=O)(=O)Cc1ccc(Cl)c(Cl)c1.Cl. The molecule has 0 radical (unpaired) electrons. The summed E-state index contributed by atoms with van der Waals surface area (Å²) >= 11 is 11.8. The summed E-state index contributed by atoms with van der Waals surface area (Å²) in [5.74, 6) is -0.0413. The second kappa shape index (κ2) is 8.71. The van der Waals surface area contributed by atoms with E-state index in [4.69, 9.17) is 23.2 Å². The predicted molar refractivity (Wildman–Crippen MR) is 94.6 cm³/mol. The molecule has 4 nitrogen and oxygen atoms in total. The fourth-order valence-electron chi connectivity index (χ4n) is 2.58. The number of halogens is 3. The molecule has 1 fully saturated rings. The van der Waals surface area contributed by atoms with Gasteiger partial charge >= 0.3 is 0 Å². The van der Waals surface area contributed by atoms with Gasteiger partial charge in [0.2, 0.25) is 10.0 Å². The van der Waals surface area contributed by atoms with E-state index in [-0.39, 0.29) is 24.2 Å². The van der Waals surface area contributed by atoms with E-state index in [1.807, 2.05) is 6.92 Å². The smallest absolute Gasteiger partial charge is 0.218 e. The topological polar surface area (TPSA) is 49.4 Å². The molecule has 0 saturated carbocycles. The molecular formula is C14H21Cl3N2O2S. The zero-order chi connectivity index (χ0) is 15.5. The minimum absolute atomic E-state index is 0. The molecule has 0 aromatic heterocycles. The third-order valence-electron chi connectivity index (χ3n) is 3.58. The summed E-state index contributed by atoms with van der Waals surface area (Å²) < 4.78 is 27.0. The molecule has 0 amide bonds. The van der Waals surface area contributed by atoms with Crippen LogP contribution in [0.4, 0.5) is 0 Å². The van der Waals surface area contributed by atoms with Crippen molar-refractivity contribution in [1.29, 1.82) is 0 Å². The number of sulfonamides is 1. The summed E-state index contributed by atoms with van der Waals surface area (Å²) in [4.78, 5) is 0. The number of hydrogen-bond acceptors (Lipinski definition) is 3. The van der Waals surface area contributed by atoms with E-state index in [1.165, 1.54) is 0 Å². The molecule has 1 unspecified atom stereocenters. The molecule has 1 aromatic carbocycles. The molecule has 0 aliphatic carbocycles. The van der Waals surface area contributed by atoms with Crippen molar-refractivity contribution in [3.05, 3.63) is 33.8 Å². The summed E-state index contributed by atoms with van der Waals surface area (Å²) in [5.41, 5.74) is 0.663. The van der Waals surface area contributed by atoms with E-state index in [0.29, 0.717) is 22.2 Å². The molecule has 0 spiro atoms. The Labute approximate surface area is 148 Å². The molecule has 1 saturated heterocycles. The summed E-state index contributed by atoms with van der Waals surface area (Å²) in [6.45, 7) is 4.13. The lowest BCUT2D eigenvalue weighted by atomic mass is 10.2. The number of benzene rings is 1. The Bertz CT molecular complexity index is 590. The van der Waals surface area contributed by atoms with Crippen LogP contribution in [0.15, 0.2) is 18.2 Å². The molecule has 1 heterocycles. The minimum atomic E-state index is -3.36. The van der Waals surface area contributed by atoms with Crippen LogP contribution in [0, 0.1) is 0 Å². The van der Waals surface area contributed by atoms with Gasteiger partial charge in [-0.25, -0.2) is 8.42 Å². The van der Waals surface area contributed by atoms with E-state index in [9.17, 15) is 8.42 Å². The van der Waals surface area contributed by atoms with Crippen LogP contribution in [-0.4, -0.2) is 38.4 Å². The Hall–Kier alpha value is -0.0400. The lowest BCUT2D eigenvalue weighted by molar-refractivity contribution is 0.334. The van der Waals surface area contributed by atoms with Gasteiger partial charge < -0.3 is 5.32 Å². The van der Waals surface area contributed by atoms with Crippen LogP contribution in [0.5, 0.6) is 0 Å². The average Bonchev–Trinajstić information content (AvgIpc) is 2.93. The van der Waals surface area contributed by atoms with Crippen LogP contribution in [0.1, 0.15) is 25.3 Å². The van der Waals surface area contributed by atoms with Crippen LogP contribution in [0.2, 0.25) is 10.0 Å². The number of nitrogens with zero attached hydrogens (tertiary/aromatic N) is 1. The molecule has 8 heteroatoms. The zero-order valence-corrected chi connectivity index (χ0v) is 15.5. The molecule has 2 rings (SSSR count). The largest absolute Gasteiger partial charge is 0.315 e. The molecule has 1 aliphatic heterocycles. The van der Waals surface area contributed by atoms with Gasteiger partial charge in [0.15, 0.2) is 0 Å². The highest BCUT2D eigenvalue weighted by atomic mass is 35.5. The molecule has 1 aliphatic rings. The second-order valence-corrected chi connectivity index (χ2v) is 8.00. The van der Waals surface area contributed by atoms with Gasteiger partial charge in [-0.15, -0.1) is 12.4 Å². The Morgan fingerprint density at radius 2 is 2.05 bits per heavy atom. The Morgan fingerprint density at radius 3 is 2.59 bits per heavy atom. The van der Waals surface area contributed by atoms with Crippen LogP contribution < -0.4 is 5.32 Å². The molecule has 1 aromatic rings. The van der Waals surface area contributed by atoms with Gasteiger partial charge in [0.1, 0.15) is 0 Å². The van der Waals surface area contributed by atoms with Crippen molar-refractivity contribution in [2.75, 3.05) is 19.6 Å². The maximum atomic E-state index is 12.7. The average molecular weight is 388 g/mol. The first-order valence-corrected chi connectivity index (χ1v) is 9.44. The van der Waals surface area contributed by atoms with E-state index < -0.39 is 10.0 Å². The van der Waals surface area contributed by atoms with Crippen molar-refractivity contribution < 1.29 is 8.42 Å². The van der Waals surface area contributed by atoms with Gasteiger partial charge in [-0.2, -0.15) is 4.31 Å². The van der Waals surface area contributed by atoms with Crippen LogP contribution >= 0.6 is 35.6 Å². The van der Waals surface area contributed by atoms with Gasteiger partial charge in [0.25, 0.3) is 0 Å². The van der Waals surface area contributed by atoms with Crippen LogP contribution in [-0.2, 0) is 15.8 Å². The molecule has 22 heavy (non-hydrogen) atoms. The highest BCUT2D eigenvalue weighted by molar-refractivity contribution is 7.88. The summed E-state index contributed by atoms with van der Waals surface area (Å²) in [5, 5.41) is 4.04. The van der Waals surface area contributed by atoms with Crippen molar-refractivity contribution in [1.82, 2.24) is 9.62 Å². The third-order valence-corrected chi connectivity index (χ3v) is 6.21. The lowest BCUT2D eigenvalue weighted by Gasteiger charge is -2.27. The molecule has 1 atom stereocenters. The third kappa shape index (κ3) is 4.98. The van der Waals surface area contributed by atoms with Crippen LogP contribution in [0.25, 0.3) is 0 Å². The van der Waals surface area contributed by atoms with Crippen molar-refractivity contribution in [3.8, 4) is 0 Å². The van der Waals surface area contributed by atoms with Gasteiger partial charge in [-0.1, -0.05) is 36.2 Å². The quantitative estimate of drug-likeness (QED) is 0.814. The van der Waals surface area contributed by atoms with E-state index in [0.717, 1.165) is 25.9 Å². The molecular weight excluding hydrogens is 367 g/mol. The normalized spacial score (nSPS) is 18.5. The highest BCUT2D eigenvalue weighted by Gasteiger charge is 2.31. The van der Waals surface area contributed by atoms with Crippen molar-refractivity contribution in [3.63, 3.8) is 0 Å². The van der Waals surface area contributed by atoms with Gasteiger partial charge in [0.05, 0.1) is 15.8 Å². The fourth-order valence-corrected chi connectivity index (χ4v) is 4.76. The van der Waals surface area contributed by atoms with E-state index in [2.05, 4.69) is 5.32 Å². The first-order valence-electron chi connectivity index (χ1n) is 7.08. The molecule has 1 N–H and O–H groups in total. The minimum Gasteiger partial charge on any atom is -0.315 e. The fraction of sp³-hybridized carbons (Fsp3) is 0.571. The van der Waals surface area contributed by atoms with Crippen molar-refractivity contribution in [2.45, 2.75) is 31.6 Å². The first kappa shape index (κ1) is 20.0. The second-order valence-electron chi connectivity index (χ2n) is 5.26. The summed E-state index contributed by atoms with van der Waals surface area (Å²) in [7, 11) is -3.36. The number of nitrogens with one attached hydrogen (secondary N) is 1. The summed E-state index contributed by atoms with van der Waals surface area (Å²) in [6.07, 6.45) is 1.66. The predicted octanol–water partition coefficient (Wildman–Crippen LogP) is 3.32. The monoisotopic (exact) mass is 386 g/mol. The van der Waals surface area contributed by atoms with Crippen molar-refractivity contribution >= 4 is 45.6 Å². The van der Waals surface area contributed by atoms with Gasteiger partial charge in [-0.05, 0) is 37.1 Å². The van der Waals surface area contributed by atoms with Crippen LogP contribution in [0.3, 0.4) is 0 Å². The maximum absolute atomic E-state index is 12.7. The standard InChI is InChI=1S/C14H20Cl2N2O2S.ClH/c1-2-7-18(12-5-6-17-9-12)21(19,20)10-11-3-4-13(15)14(16)8-11;/h3-4,8,12,17H,2,5-7,9-10H2,1H3;1H. The summed E-state index contributed by atoms with van der Waals surface area (Å²) in [6, 6.07) is 5.02. The van der Waals surface area contributed by atoms with E-state index in [1.54, 1.807) is 22.5 Å². The van der Waals surface area contributed by atoms with Crippen molar-refractivity contribution in [2.24, 2.45) is 0 Å². The lowest BCUT2D eigenvalue weighted by Crippen LogP contribution is -2.42. The van der Waals surface area contributed by atoms with Gasteiger partial charge in [-0.3, -0.25) is 0 Å². The Balaban J connectivity index is 0.00000242. The number of rotatable bonds is 6. The Morgan fingerprint density at radius 1 is 1.32 bits per heavy atom. The van der Waals surface area contributed by atoms with Gasteiger partial charge in [0, 0.05) is 19.1 Å². The molecule has 126 valence electrons. The number of hydrogen-bond donors (Lipinski definition) is 1. The highest BCUT2D eigenvalue weighted by Crippen LogP contribution is 2.25. The molecule has 0 bridgehead atoms. The Kier molecular flexibility index (Phi) is 7.92. The van der Waals surface area contributed by atoms with E-state index >= 15 is 0 Å². The zero-order valence-electron chi connectivity index (χ0n) is 12.4. The maximum Gasteiger partial charge on any atom is 0.218 e.